The molecule has 2 heterocycles. The van der Waals surface area contributed by atoms with Crippen LogP contribution in [-0.2, 0) is 13.0 Å². The quantitative estimate of drug-likeness (QED) is 0.295. The molecular formula is C15H22ClIN6. The number of halogens is 2. The van der Waals surface area contributed by atoms with Crippen LogP contribution in [-0.4, -0.2) is 40.1 Å². The molecule has 0 saturated carbocycles. The second-order valence-electron chi connectivity index (χ2n) is 4.73. The summed E-state index contributed by atoms with van der Waals surface area (Å²) >= 11 is 5.77. The Morgan fingerprint density at radius 2 is 2.22 bits per heavy atom. The molecule has 2 aromatic heterocycles. The molecule has 0 atom stereocenters. The van der Waals surface area contributed by atoms with Crippen molar-refractivity contribution in [1.29, 1.82) is 0 Å². The van der Waals surface area contributed by atoms with Crippen molar-refractivity contribution >= 4 is 41.5 Å². The van der Waals surface area contributed by atoms with Gasteiger partial charge in [0, 0.05) is 44.8 Å². The highest BCUT2D eigenvalue weighted by Crippen LogP contribution is 2.05. The molecule has 0 aliphatic rings. The van der Waals surface area contributed by atoms with E-state index < -0.39 is 0 Å². The van der Waals surface area contributed by atoms with Crippen molar-refractivity contribution in [3.05, 3.63) is 47.8 Å². The number of nitrogens with one attached hydrogen (secondary N) is 2. The SMILES string of the molecule is CCNC(=NCCc1ccc(Cl)nc1)NCCn1ccnc1.I. The summed E-state index contributed by atoms with van der Waals surface area (Å²) in [6, 6.07) is 3.78. The monoisotopic (exact) mass is 448 g/mol. The smallest absolute Gasteiger partial charge is 0.191 e. The molecule has 0 fully saturated rings. The minimum absolute atomic E-state index is 0. The van der Waals surface area contributed by atoms with E-state index in [0.29, 0.717) is 11.7 Å². The number of rotatable bonds is 7. The van der Waals surface area contributed by atoms with Gasteiger partial charge in [-0.25, -0.2) is 9.97 Å². The van der Waals surface area contributed by atoms with Crippen LogP contribution in [0.15, 0.2) is 42.0 Å². The maximum Gasteiger partial charge on any atom is 0.191 e. The first-order chi connectivity index (χ1) is 10.8. The molecule has 126 valence electrons. The molecule has 23 heavy (non-hydrogen) atoms. The first kappa shape index (κ1) is 19.7. The van der Waals surface area contributed by atoms with Crippen LogP contribution in [0, 0.1) is 0 Å². The Labute approximate surface area is 158 Å². The van der Waals surface area contributed by atoms with Crippen LogP contribution >= 0.6 is 35.6 Å². The Hall–Kier alpha value is -1.35. The average Bonchev–Trinajstić information content (AvgIpc) is 3.02. The second-order valence-corrected chi connectivity index (χ2v) is 5.11. The van der Waals surface area contributed by atoms with Crippen LogP contribution in [0.25, 0.3) is 0 Å². The molecule has 2 N–H and O–H groups in total. The number of hydrogen-bond acceptors (Lipinski definition) is 3. The lowest BCUT2D eigenvalue weighted by Gasteiger charge is -2.11. The van der Waals surface area contributed by atoms with Crippen LogP contribution in [0.1, 0.15) is 12.5 Å². The molecule has 6 nitrogen and oxygen atoms in total. The molecule has 2 aromatic rings. The van der Waals surface area contributed by atoms with E-state index in [4.69, 9.17) is 11.6 Å². The summed E-state index contributed by atoms with van der Waals surface area (Å²) in [4.78, 5) is 12.6. The van der Waals surface area contributed by atoms with Gasteiger partial charge in [-0.15, -0.1) is 24.0 Å². The maximum absolute atomic E-state index is 5.77. The summed E-state index contributed by atoms with van der Waals surface area (Å²) in [7, 11) is 0. The Morgan fingerprint density at radius 3 is 2.87 bits per heavy atom. The van der Waals surface area contributed by atoms with Gasteiger partial charge in [0.2, 0.25) is 0 Å². The van der Waals surface area contributed by atoms with Crippen molar-refractivity contribution in [2.24, 2.45) is 4.99 Å². The van der Waals surface area contributed by atoms with Gasteiger partial charge in [-0.05, 0) is 25.0 Å². The zero-order valence-electron chi connectivity index (χ0n) is 13.1. The molecule has 0 unspecified atom stereocenters. The zero-order valence-corrected chi connectivity index (χ0v) is 16.2. The van der Waals surface area contributed by atoms with Crippen LogP contribution in [0.3, 0.4) is 0 Å². The largest absolute Gasteiger partial charge is 0.357 e. The molecule has 0 amide bonds. The number of guanidine groups is 1. The van der Waals surface area contributed by atoms with Gasteiger partial charge in [0.25, 0.3) is 0 Å². The highest BCUT2D eigenvalue weighted by Gasteiger charge is 1.98. The van der Waals surface area contributed by atoms with Crippen LogP contribution in [0.4, 0.5) is 0 Å². The summed E-state index contributed by atoms with van der Waals surface area (Å²) in [6.07, 6.45) is 8.15. The van der Waals surface area contributed by atoms with Crippen LogP contribution in [0.2, 0.25) is 5.15 Å². The van der Waals surface area contributed by atoms with Gasteiger partial charge in [0.1, 0.15) is 5.15 Å². The van der Waals surface area contributed by atoms with E-state index in [-0.39, 0.29) is 24.0 Å². The fourth-order valence-corrected chi connectivity index (χ4v) is 2.03. The highest BCUT2D eigenvalue weighted by atomic mass is 127. The van der Waals surface area contributed by atoms with Crippen LogP contribution in [0.5, 0.6) is 0 Å². The third-order valence-corrected chi connectivity index (χ3v) is 3.25. The summed E-state index contributed by atoms with van der Waals surface area (Å²) in [5, 5.41) is 7.06. The van der Waals surface area contributed by atoms with Gasteiger partial charge in [-0.1, -0.05) is 17.7 Å². The number of aliphatic imine (C=N–C) groups is 1. The van der Waals surface area contributed by atoms with Gasteiger partial charge in [-0.3, -0.25) is 4.99 Å². The summed E-state index contributed by atoms with van der Waals surface area (Å²) in [5.74, 6) is 0.824. The lowest BCUT2D eigenvalue weighted by Crippen LogP contribution is -2.39. The summed E-state index contributed by atoms with van der Waals surface area (Å²) in [5.41, 5.74) is 1.13. The summed E-state index contributed by atoms with van der Waals surface area (Å²) < 4.78 is 2.02. The van der Waals surface area contributed by atoms with E-state index in [1.807, 2.05) is 16.8 Å². The molecule has 0 aromatic carbocycles. The second kappa shape index (κ2) is 11.2. The molecule has 0 bridgehead atoms. The number of aromatic nitrogens is 3. The first-order valence-electron chi connectivity index (χ1n) is 7.36. The van der Waals surface area contributed by atoms with Gasteiger partial charge in [-0.2, -0.15) is 0 Å². The number of imidazole rings is 1. The molecule has 0 aliphatic heterocycles. The first-order valence-corrected chi connectivity index (χ1v) is 7.74. The predicted molar refractivity (Wildman–Crippen MR) is 105 cm³/mol. The normalized spacial score (nSPS) is 11.0. The van der Waals surface area contributed by atoms with E-state index in [1.54, 1.807) is 24.8 Å². The Morgan fingerprint density at radius 1 is 1.35 bits per heavy atom. The topological polar surface area (TPSA) is 67.1 Å². The Balaban J connectivity index is 0.00000264. The third-order valence-electron chi connectivity index (χ3n) is 3.02. The molecule has 8 heteroatoms. The van der Waals surface area contributed by atoms with Crippen molar-refractivity contribution in [1.82, 2.24) is 25.2 Å². The van der Waals surface area contributed by atoms with Crippen LogP contribution < -0.4 is 10.6 Å². The molecule has 0 saturated heterocycles. The summed E-state index contributed by atoms with van der Waals surface area (Å²) in [6.45, 7) is 5.23. The molecule has 2 rings (SSSR count). The van der Waals surface area contributed by atoms with Crippen molar-refractivity contribution in [3.63, 3.8) is 0 Å². The molecule has 0 spiro atoms. The lowest BCUT2D eigenvalue weighted by molar-refractivity contribution is 0.662. The maximum atomic E-state index is 5.77. The minimum Gasteiger partial charge on any atom is -0.357 e. The molecule has 0 radical (unpaired) electrons. The molecule has 0 aliphatic carbocycles. The fraction of sp³-hybridized carbons (Fsp3) is 0.400. The van der Waals surface area contributed by atoms with Gasteiger partial charge in [0.05, 0.1) is 6.33 Å². The molecular weight excluding hydrogens is 427 g/mol. The van der Waals surface area contributed by atoms with E-state index in [1.165, 1.54) is 0 Å². The van der Waals surface area contributed by atoms with Crippen molar-refractivity contribution in [2.75, 3.05) is 19.6 Å². The zero-order chi connectivity index (χ0) is 15.6. The lowest BCUT2D eigenvalue weighted by atomic mass is 10.2. The van der Waals surface area contributed by atoms with Crippen molar-refractivity contribution < 1.29 is 0 Å². The van der Waals surface area contributed by atoms with E-state index in [2.05, 4.69) is 32.5 Å². The fourth-order valence-electron chi connectivity index (χ4n) is 1.92. The highest BCUT2D eigenvalue weighted by molar-refractivity contribution is 14.0. The van der Waals surface area contributed by atoms with Gasteiger partial charge < -0.3 is 15.2 Å². The average molecular weight is 449 g/mol. The Kier molecular flexibility index (Phi) is 9.61. The minimum atomic E-state index is 0. The predicted octanol–water partition coefficient (Wildman–Crippen LogP) is 2.35. The Bertz CT molecular complexity index is 570. The van der Waals surface area contributed by atoms with Gasteiger partial charge >= 0.3 is 0 Å². The standard InChI is InChI=1S/C15H21ClN6.HI/c1-2-18-15(20-8-10-22-9-7-17-12-22)19-6-5-13-3-4-14(16)21-11-13;/h3-4,7,9,11-12H,2,5-6,8,10H2,1H3,(H2,18,19,20);1H. The van der Waals surface area contributed by atoms with Gasteiger partial charge in [0.15, 0.2) is 5.96 Å². The number of hydrogen-bond donors (Lipinski definition) is 2. The van der Waals surface area contributed by atoms with Crippen molar-refractivity contribution in [3.8, 4) is 0 Å². The third kappa shape index (κ3) is 7.65. The van der Waals surface area contributed by atoms with E-state index in [9.17, 15) is 0 Å². The van der Waals surface area contributed by atoms with Crippen molar-refractivity contribution in [2.45, 2.75) is 19.9 Å². The number of nitrogens with zero attached hydrogens (tertiary/aromatic N) is 4. The van der Waals surface area contributed by atoms with E-state index >= 15 is 0 Å². The number of pyridine rings is 1. The van der Waals surface area contributed by atoms with E-state index in [0.717, 1.165) is 37.6 Å².